The average molecular weight is 194 g/mol. The minimum absolute atomic E-state index is 0.0306. The van der Waals surface area contributed by atoms with Gasteiger partial charge < -0.3 is 10.3 Å². The highest BCUT2D eigenvalue weighted by molar-refractivity contribution is 5.00. The van der Waals surface area contributed by atoms with Gasteiger partial charge in [-0.3, -0.25) is 0 Å². The summed E-state index contributed by atoms with van der Waals surface area (Å²) >= 11 is 0. The molecule has 1 heterocycles. The van der Waals surface area contributed by atoms with E-state index in [2.05, 4.69) is 28.6 Å². The molecule has 0 amide bonds. The van der Waals surface area contributed by atoms with E-state index in [1.807, 2.05) is 6.33 Å². The zero-order valence-corrected chi connectivity index (χ0v) is 8.85. The molecule has 1 fully saturated rings. The summed E-state index contributed by atoms with van der Waals surface area (Å²) in [5, 5.41) is 8.09. The molecule has 1 unspecified atom stereocenters. The minimum Gasteiger partial charge on any atom is -0.321 e. The minimum atomic E-state index is 0.0306. The van der Waals surface area contributed by atoms with Crippen molar-refractivity contribution in [1.82, 2.24) is 14.8 Å². The summed E-state index contributed by atoms with van der Waals surface area (Å²) in [4.78, 5) is 0. The SMILES string of the molecule is CCC(C)[C@H](N)c1nncn1C1CC1. The van der Waals surface area contributed by atoms with Crippen LogP contribution in [0.4, 0.5) is 0 Å². The molecule has 1 aliphatic carbocycles. The monoisotopic (exact) mass is 194 g/mol. The highest BCUT2D eigenvalue weighted by Gasteiger charge is 2.29. The molecule has 14 heavy (non-hydrogen) atoms. The van der Waals surface area contributed by atoms with Crippen LogP contribution in [0.1, 0.15) is 51.0 Å². The predicted molar refractivity (Wildman–Crippen MR) is 54.7 cm³/mol. The average Bonchev–Trinajstić information content (AvgIpc) is 2.94. The standard InChI is InChI=1S/C10H18N4/c1-3-7(2)9(11)10-13-12-6-14(10)8-4-5-8/h6-9H,3-5,11H2,1-2H3/t7?,9-/m0/s1. The highest BCUT2D eigenvalue weighted by atomic mass is 15.3. The van der Waals surface area contributed by atoms with E-state index in [1.165, 1.54) is 12.8 Å². The number of rotatable bonds is 4. The number of nitrogens with zero attached hydrogens (tertiary/aromatic N) is 3. The molecule has 1 saturated carbocycles. The van der Waals surface area contributed by atoms with Gasteiger partial charge in [0, 0.05) is 6.04 Å². The predicted octanol–water partition coefficient (Wildman–Crippen LogP) is 1.66. The van der Waals surface area contributed by atoms with Crippen LogP contribution in [0.5, 0.6) is 0 Å². The Morgan fingerprint density at radius 2 is 2.36 bits per heavy atom. The quantitative estimate of drug-likeness (QED) is 0.793. The molecular weight excluding hydrogens is 176 g/mol. The molecule has 4 heteroatoms. The van der Waals surface area contributed by atoms with Gasteiger partial charge >= 0.3 is 0 Å². The summed E-state index contributed by atoms with van der Waals surface area (Å²) in [6, 6.07) is 0.651. The number of hydrogen-bond donors (Lipinski definition) is 1. The van der Waals surface area contributed by atoms with Gasteiger partial charge in [-0.15, -0.1) is 10.2 Å². The normalized spacial score (nSPS) is 20.8. The van der Waals surface area contributed by atoms with Crippen molar-refractivity contribution in [3.8, 4) is 0 Å². The van der Waals surface area contributed by atoms with Crippen LogP contribution in [0.2, 0.25) is 0 Å². The Morgan fingerprint density at radius 3 is 2.93 bits per heavy atom. The van der Waals surface area contributed by atoms with Crippen molar-refractivity contribution in [2.45, 2.75) is 45.2 Å². The van der Waals surface area contributed by atoms with Crippen LogP contribution in [-0.2, 0) is 0 Å². The van der Waals surface area contributed by atoms with Gasteiger partial charge in [-0.25, -0.2) is 0 Å². The van der Waals surface area contributed by atoms with Gasteiger partial charge in [0.2, 0.25) is 0 Å². The maximum Gasteiger partial charge on any atom is 0.150 e. The number of aromatic nitrogens is 3. The lowest BCUT2D eigenvalue weighted by Gasteiger charge is -2.18. The molecule has 0 radical (unpaired) electrons. The van der Waals surface area contributed by atoms with Crippen molar-refractivity contribution >= 4 is 0 Å². The Balaban J connectivity index is 2.17. The van der Waals surface area contributed by atoms with Gasteiger partial charge in [-0.05, 0) is 18.8 Å². The van der Waals surface area contributed by atoms with E-state index in [0.717, 1.165) is 12.2 Å². The van der Waals surface area contributed by atoms with Gasteiger partial charge in [0.1, 0.15) is 12.2 Å². The molecule has 0 aliphatic heterocycles. The first-order chi connectivity index (χ1) is 6.74. The van der Waals surface area contributed by atoms with Gasteiger partial charge in [-0.2, -0.15) is 0 Å². The Morgan fingerprint density at radius 1 is 1.64 bits per heavy atom. The molecule has 1 aromatic heterocycles. The number of nitrogens with two attached hydrogens (primary N) is 1. The lowest BCUT2D eigenvalue weighted by Crippen LogP contribution is -2.22. The largest absolute Gasteiger partial charge is 0.321 e. The molecule has 2 rings (SSSR count). The zero-order chi connectivity index (χ0) is 10.1. The van der Waals surface area contributed by atoms with E-state index in [0.29, 0.717) is 12.0 Å². The Bertz CT molecular complexity index is 303. The molecule has 78 valence electrons. The molecule has 2 atom stereocenters. The van der Waals surface area contributed by atoms with Crippen molar-refractivity contribution in [3.63, 3.8) is 0 Å². The molecule has 1 aromatic rings. The van der Waals surface area contributed by atoms with E-state index >= 15 is 0 Å². The second-order valence-electron chi connectivity index (χ2n) is 4.24. The molecule has 2 N–H and O–H groups in total. The van der Waals surface area contributed by atoms with Crippen LogP contribution in [0.25, 0.3) is 0 Å². The molecule has 0 bridgehead atoms. The Hall–Kier alpha value is -0.900. The van der Waals surface area contributed by atoms with E-state index in [-0.39, 0.29) is 6.04 Å². The molecule has 0 spiro atoms. The summed E-state index contributed by atoms with van der Waals surface area (Å²) in [6.45, 7) is 4.32. The summed E-state index contributed by atoms with van der Waals surface area (Å²) in [5.74, 6) is 1.43. The first-order valence-corrected chi connectivity index (χ1v) is 5.39. The fraction of sp³-hybridized carbons (Fsp3) is 0.800. The second kappa shape index (κ2) is 3.69. The third kappa shape index (κ3) is 1.66. The van der Waals surface area contributed by atoms with Gasteiger partial charge in [-0.1, -0.05) is 20.3 Å². The fourth-order valence-corrected chi connectivity index (χ4v) is 1.63. The summed E-state index contributed by atoms with van der Waals surface area (Å²) < 4.78 is 2.15. The van der Waals surface area contributed by atoms with Gasteiger partial charge in [0.25, 0.3) is 0 Å². The lowest BCUT2D eigenvalue weighted by atomic mass is 9.99. The Kier molecular flexibility index (Phi) is 2.54. The van der Waals surface area contributed by atoms with Gasteiger partial charge in [0.05, 0.1) is 6.04 Å². The molecular formula is C10H18N4. The molecule has 1 aliphatic rings. The maximum atomic E-state index is 6.14. The first kappa shape index (κ1) is 9.65. The smallest absolute Gasteiger partial charge is 0.150 e. The first-order valence-electron chi connectivity index (χ1n) is 5.39. The lowest BCUT2D eigenvalue weighted by molar-refractivity contribution is 0.422. The molecule has 0 saturated heterocycles. The third-order valence-electron chi connectivity index (χ3n) is 3.10. The van der Waals surface area contributed by atoms with Crippen LogP contribution < -0.4 is 5.73 Å². The van der Waals surface area contributed by atoms with E-state index in [4.69, 9.17) is 5.73 Å². The summed E-state index contributed by atoms with van der Waals surface area (Å²) in [5.41, 5.74) is 6.14. The third-order valence-corrected chi connectivity index (χ3v) is 3.10. The zero-order valence-electron chi connectivity index (χ0n) is 8.85. The van der Waals surface area contributed by atoms with Gasteiger partial charge in [0.15, 0.2) is 0 Å². The summed E-state index contributed by atoms with van der Waals surface area (Å²) in [7, 11) is 0. The summed E-state index contributed by atoms with van der Waals surface area (Å²) in [6.07, 6.45) is 5.39. The van der Waals surface area contributed by atoms with E-state index in [1.54, 1.807) is 0 Å². The van der Waals surface area contributed by atoms with Crippen molar-refractivity contribution < 1.29 is 0 Å². The van der Waals surface area contributed by atoms with Crippen LogP contribution in [0.15, 0.2) is 6.33 Å². The number of hydrogen-bond acceptors (Lipinski definition) is 3. The molecule has 4 nitrogen and oxygen atoms in total. The highest BCUT2D eigenvalue weighted by Crippen LogP contribution is 2.36. The van der Waals surface area contributed by atoms with Crippen molar-refractivity contribution in [1.29, 1.82) is 0 Å². The topological polar surface area (TPSA) is 56.7 Å². The Labute approximate surface area is 84.5 Å². The van der Waals surface area contributed by atoms with Crippen LogP contribution in [0.3, 0.4) is 0 Å². The van der Waals surface area contributed by atoms with E-state index in [9.17, 15) is 0 Å². The van der Waals surface area contributed by atoms with Crippen LogP contribution in [-0.4, -0.2) is 14.8 Å². The van der Waals surface area contributed by atoms with E-state index < -0.39 is 0 Å². The van der Waals surface area contributed by atoms with Crippen molar-refractivity contribution in [2.75, 3.05) is 0 Å². The van der Waals surface area contributed by atoms with Crippen LogP contribution in [0, 0.1) is 5.92 Å². The molecule has 0 aromatic carbocycles. The van der Waals surface area contributed by atoms with Crippen LogP contribution >= 0.6 is 0 Å². The second-order valence-corrected chi connectivity index (χ2v) is 4.24. The maximum absolute atomic E-state index is 6.14. The van der Waals surface area contributed by atoms with Crippen molar-refractivity contribution in [2.24, 2.45) is 11.7 Å². The van der Waals surface area contributed by atoms with Crippen molar-refractivity contribution in [3.05, 3.63) is 12.2 Å². The fourth-order valence-electron chi connectivity index (χ4n) is 1.63.